The number of H-pyrrole nitrogens is 1. The van der Waals surface area contributed by atoms with Gasteiger partial charge in [-0.3, -0.25) is 0 Å². The number of hydrogen-bond donors (Lipinski definition) is 1. The van der Waals surface area contributed by atoms with Gasteiger partial charge in [0.2, 0.25) is 0 Å². The van der Waals surface area contributed by atoms with E-state index in [1.54, 1.807) is 12.1 Å². The predicted octanol–water partition coefficient (Wildman–Crippen LogP) is 3.97. The molecule has 0 bridgehead atoms. The van der Waals surface area contributed by atoms with Crippen LogP contribution in [-0.2, 0) is 0 Å². The lowest BCUT2D eigenvalue weighted by molar-refractivity contribution is 1.06. The van der Waals surface area contributed by atoms with E-state index in [-0.39, 0.29) is 0 Å². The highest BCUT2D eigenvalue weighted by Crippen LogP contribution is 2.31. The first-order valence-electron chi connectivity index (χ1n) is 6.53. The van der Waals surface area contributed by atoms with Crippen LogP contribution in [0.3, 0.4) is 0 Å². The molecule has 0 fully saturated rings. The number of imidazole rings is 1. The van der Waals surface area contributed by atoms with Gasteiger partial charge in [-0.2, -0.15) is 10.5 Å². The molecule has 3 rings (SSSR count). The van der Waals surface area contributed by atoms with E-state index in [0.29, 0.717) is 16.3 Å². The quantitative estimate of drug-likeness (QED) is 0.794. The van der Waals surface area contributed by atoms with Crippen LogP contribution in [0.2, 0.25) is 0 Å². The number of aromatic amines is 1. The highest BCUT2D eigenvalue weighted by Gasteiger charge is 2.11. The lowest BCUT2D eigenvalue weighted by Gasteiger charge is -2.02. The maximum absolute atomic E-state index is 9.25. The van der Waals surface area contributed by atoms with Crippen LogP contribution in [0.4, 0.5) is 0 Å². The molecular weight excluding hydrogens is 292 g/mol. The molecule has 4 nitrogen and oxygen atoms in total. The lowest BCUT2D eigenvalue weighted by atomic mass is 10.1. The van der Waals surface area contributed by atoms with Gasteiger partial charge >= 0.3 is 0 Å². The molecule has 0 unspecified atom stereocenters. The maximum Gasteiger partial charge on any atom is 0.170 e. The zero-order valence-corrected chi connectivity index (χ0v) is 12.3. The fourth-order valence-corrected chi connectivity index (χ4v) is 2.92. The van der Waals surface area contributed by atoms with Crippen LogP contribution in [0.5, 0.6) is 0 Å². The van der Waals surface area contributed by atoms with E-state index in [4.69, 9.17) is 5.26 Å². The molecule has 0 saturated carbocycles. The van der Waals surface area contributed by atoms with E-state index in [0.717, 1.165) is 16.2 Å². The first-order valence-corrected chi connectivity index (χ1v) is 7.35. The van der Waals surface area contributed by atoms with Gasteiger partial charge in [-0.1, -0.05) is 48.2 Å². The second-order valence-corrected chi connectivity index (χ2v) is 5.49. The molecule has 0 spiro atoms. The summed E-state index contributed by atoms with van der Waals surface area (Å²) in [5, 5.41) is 19.0. The summed E-state index contributed by atoms with van der Waals surface area (Å²) in [6.07, 6.45) is 1.83. The molecule has 2 aromatic carbocycles. The topological polar surface area (TPSA) is 76.3 Å². The first-order chi connectivity index (χ1) is 10.8. The number of nitrogens with zero attached hydrogens (tertiary/aromatic N) is 3. The molecule has 1 heterocycles. The Balaban J connectivity index is 1.91. The third kappa shape index (κ3) is 2.71. The summed E-state index contributed by atoms with van der Waals surface area (Å²) in [6.45, 7) is 0. The van der Waals surface area contributed by atoms with Crippen molar-refractivity contribution in [1.29, 1.82) is 10.5 Å². The summed E-state index contributed by atoms with van der Waals surface area (Å²) in [4.78, 5) is 8.34. The number of nitriles is 2. The highest BCUT2D eigenvalue weighted by molar-refractivity contribution is 7.99. The largest absolute Gasteiger partial charge is 0.339 e. The van der Waals surface area contributed by atoms with Gasteiger partial charge < -0.3 is 4.98 Å². The number of benzene rings is 2. The Bertz CT molecular complexity index is 885. The van der Waals surface area contributed by atoms with Crippen LogP contribution < -0.4 is 0 Å². The Hall–Kier alpha value is -3.02. The van der Waals surface area contributed by atoms with E-state index in [9.17, 15) is 5.26 Å². The van der Waals surface area contributed by atoms with Gasteiger partial charge in [0.25, 0.3) is 0 Å². The van der Waals surface area contributed by atoms with Crippen LogP contribution >= 0.6 is 11.8 Å². The van der Waals surface area contributed by atoms with Crippen molar-refractivity contribution in [3.63, 3.8) is 0 Å². The zero-order chi connectivity index (χ0) is 15.4. The van der Waals surface area contributed by atoms with Gasteiger partial charge in [-0.15, -0.1) is 0 Å². The summed E-state index contributed by atoms with van der Waals surface area (Å²) in [7, 11) is 0. The molecule has 104 valence electrons. The second-order valence-electron chi connectivity index (χ2n) is 4.46. The highest BCUT2D eigenvalue weighted by atomic mass is 32.2. The fraction of sp³-hybridized carbons (Fsp3) is 0. The van der Waals surface area contributed by atoms with Crippen molar-refractivity contribution >= 4 is 11.8 Å². The average molecular weight is 302 g/mol. The summed E-state index contributed by atoms with van der Waals surface area (Å²) >= 11 is 1.34. The molecule has 0 aliphatic heterocycles. The third-order valence-electron chi connectivity index (χ3n) is 3.09. The minimum Gasteiger partial charge on any atom is -0.339 e. The van der Waals surface area contributed by atoms with E-state index >= 15 is 0 Å². The van der Waals surface area contributed by atoms with E-state index < -0.39 is 0 Å². The summed E-state index contributed by atoms with van der Waals surface area (Å²) < 4.78 is 0. The molecule has 1 aromatic heterocycles. The van der Waals surface area contributed by atoms with Crippen molar-refractivity contribution in [3.8, 4) is 23.4 Å². The van der Waals surface area contributed by atoms with Crippen molar-refractivity contribution in [2.75, 3.05) is 0 Å². The van der Waals surface area contributed by atoms with Crippen molar-refractivity contribution in [2.45, 2.75) is 10.1 Å². The normalized spacial score (nSPS) is 9.91. The first kappa shape index (κ1) is 13.9. The van der Waals surface area contributed by atoms with Crippen LogP contribution in [0.1, 0.15) is 11.1 Å². The minimum absolute atomic E-state index is 0.377. The number of nitrogens with one attached hydrogen (secondary N) is 1. The Labute approximate surface area is 132 Å². The van der Waals surface area contributed by atoms with E-state index in [2.05, 4.69) is 16.0 Å². The van der Waals surface area contributed by atoms with Crippen molar-refractivity contribution in [1.82, 2.24) is 9.97 Å². The molecule has 0 aliphatic rings. The van der Waals surface area contributed by atoms with Crippen molar-refractivity contribution < 1.29 is 0 Å². The van der Waals surface area contributed by atoms with Crippen molar-refractivity contribution in [2.24, 2.45) is 0 Å². The Morgan fingerprint density at radius 2 is 1.77 bits per heavy atom. The smallest absolute Gasteiger partial charge is 0.170 e. The van der Waals surface area contributed by atoms with Crippen LogP contribution in [0.25, 0.3) is 11.3 Å². The minimum atomic E-state index is 0.377. The van der Waals surface area contributed by atoms with Gasteiger partial charge in [0.15, 0.2) is 5.16 Å². The Morgan fingerprint density at radius 1 is 0.955 bits per heavy atom. The van der Waals surface area contributed by atoms with Crippen LogP contribution in [-0.4, -0.2) is 9.97 Å². The molecule has 0 amide bonds. The van der Waals surface area contributed by atoms with E-state index in [1.807, 2.05) is 48.7 Å². The Kier molecular flexibility index (Phi) is 3.91. The molecule has 1 N–H and O–H groups in total. The zero-order valence-electron chi connectivity index (χ0n) is 11.4. The molecule has 0 radical (unpaired) electrons. The molecule has 3 aromatic rings. The summed E-state index contributed by atoms with van der Waals surface area (Å²) in [5.41, 5.74) is 2.63. The second kappa shape index (κ2) is 6.17. The van der Waals surface area contributed by atoms with E-state index in [1.165, 1.54) is 11.8 Å². The van der Waals surface area contributed by atoms with Crippen molar-refractivity contribution in [3.05, 3.63) is 65.9 Å². The monoisotopic (exact) mass is 302 g/mol. The van der Waals surface area contributed by atoms with Gasteiger partial charge in [0.05, 0.1) is 16.8 Å². The molecular formula is C17H10N4S. The molecule has 0 aliphatic carbocycles. The van der Waals surface area contributed by atoms with Crippen LogP contribution in [0, 0.1) is 22.7 Å². The predicted molar refractivity (Wildman–Crippen MR) is 84.0 cm³/mol. The lowest BCUT2D eigenvalue weighted by Crippen LogP contribution is -1.88. The summed E-state index contributed by atoms with van der Waals surface area (Å²) in [6, 6.07) is 19.2. The SMILES string of the molecule is N#Cc1cccc(Sc2nc(-c3ccccc3)c[nH]2)c1C#N. The maximum atomic E-state index is 9.25. The molecule has 0 saturated heterocycles. The van der Waals surface area contributed by atoms with Gasteiger partial charge in [-0.05, 0) is 12.1 Å². The summed E-state index contributed by atoms with van der Waals surface area (Å²) in [5.74, 6) is 0. The van der Waals surface area contributed by atoms with Gasteiger partial charge in [0, 0.05) is 16.7 Å². The van der Waals surface area contributed by atoms with Gasteiger partial charge in [0.1, 0.15) is 12.1 Å². The standard InChI is InChI=1S/C17H10N4S/c18-9-13-7-4-8-16(14(13)10-19)22-17-20-11-15(21-17)12-5-2-1-3-6-12/h1-8,11H,(H,20,21). The average Bonchev–Trinajstić information content (AvgIpc) is 3.04. The molecule has 22 heavy (non-hydrogen) atoms. The molecule has 0 atom stereocenters. The fourth-order valence-electron chi connectivity index (χ4n) is 2.04. The number of aromatic nitrogens is 2. The molecule has 5 heteroatoms. The third-order valence-corrected chi connectivity index (χ3v) is 4.05. The Morgan fingerprint density at radius 3 is 2.50 bits per heavy atom. The number of hydrogen-bond acceptors (Lipinski definition) is 4. The number of rotatable bonds is 3. The van der Waals surface area contributed by atoms with Crippen LogP contribution in [0.15, 0.2) is 64.8 Å². The van der Waals surface area contributed by atoms with Gasteiger partial charge in [-0.25, -0.2) is 4.98 Å².